The Morgan fingerprint density at radius 3 is 2.90 bits per heavy atom. The molecule has 0 aliphatic heterocycles. The maximum Gasteiger partial charge on any atom is 0.242 e. The molecule has 2 rings (SSSR count). The Kier molecular flexibility index (Phi) is 4.57. The van der Waals surface area contributed by atoms with Crippen molar-refractivity contribution < 1.29 is 9.13 Å². The molecular weight excluding hydrogens is 283 g/mol. The van der Waals surface area contributed by atoms with Crippen molar-refractivity contribution in [1.29, 1.82) is 0 Å². The third kappa shape index (κ3) is 3.27. The average molecular weight is 297 g/mol. The summed E-state index contributed by atoms with van der Waals surface area (Å²) >= 11 is 5.62. The van der Waals surface area contributed by atoms with Crippen molar-refractivity contribution in [2.75, 3.05) is 17.7 Å². The van der Waals surface area contributed by atoms with Gasteiger partial charge in [-0.05, 0) is 24.6 Å². The molecule has 5 nitrogen and oxygen atoms in total. The fourth-order valence-corrected chi connectivity index (χ4v) is 1.62. The summed E-state index contributed by atoms with van der Waals surface area (Å²) in [6, 6.07) is 4.33. The molecular formula is C13H14ClFN4O. The first-order valence-electron chi connectivity index (χ1n) is 6.07. The van der Waals surface area contributed by atoms with Gasteiger partial charge in [0.05, 0.1) is 11.6 Å². The van der Waals surface area contributed by atoms with Gasteiger partial charge in [-0.3, -0.25) is 0 Å². The molecule has 3 N–H and O–H groups in total. The molecule has 1 heterocycles. The number of nitrogens with one attached hydrogen (secondary N) is 1. The Morgan fingerprint density at radius 1 is 1.40 bits per heavy atom. The van der Waals surface area contributed by atoms with Crippen molar-refractivity contribution in [1.82, 2.24) is 9.97 Å². The van der Waals surface area contributed by atoms with Crippen LogP contribution in [0.3, 0.4) is 0 Å². The van der Waals surface area contributed by atoms with E-state index in [-0.39, 0.29) is 10.7 Å². The Labute approximate surface area is 120 Å². The van der Waals surface area contributed by atoms with Crippen molar-refractivity contribution >= 4 is 28.8 Å². The monoisotopic (exact) mass is 296 g/mol. The van der Waals surface area contributed by atoms with E-state index < -0.39 is 5.82 Å². The number of ether oxygens (including phenoxy) is 1. The number of benzene rings is 1. The van der Waals surface area contributed by atoms with Crippen molar-refractivity contribution in [3.63, 3.8) is 0 Å². The normalized spacial score (nSPS) is 10.3. The molecule has 0 unspecified atom stereocenters. The number of rotatable bonds is 5. The van der Waals surface area contributed by atoms with Crippen LogP contribution in [0.15, 0.2) is 24.5 Å². The van der Waals surface area contributed by atoms with E-state index in [0.717, 1.165) is 6.42 Å². The Balaban J connectivity index is 2.22. The third-order valence-corrected chi connectivity index (χ3v) is 2.78. The van der Waals surface area contributed by atoms with E-state index in [9.17, 15) is 4.39 Å². The number of hydrogen-bond acceptors (Lipinski definition) is 5. The number of anilines is 3. The molecule has 0 spiro atoms. The number of hydrogen-bond donors (Lipinski definition) is 2. The lowest BCUT2D eigenvalue weighted by Gasteiger charge is -2.11. The zero-order valence-corrected chi connectivity index (χ0v) is 11.6. The van der Waals surface area contributed by atoms with Crippen molar-refractivity contribution in [2.24, 2.45) is 0 Å². The Bertz CT molecular complexity index is 609. The van der Waals surface area contributed by atoms with E-state index in [1.165, 1.54) is 18.5 Å². The second kappa shape index (κ2) is 6.38. The van der Waals surface area contributed by atoms with Gasteiger partial charge in [0, 0.05) is 5.69 Å². The molecule has 0 aliphatic carbocycles. The second-order valence-electron chi connectivity index (χ2n) is 4.04. The molecule has 106 valence electrons. The van der Waals surface area contributed by atoms with Crippen LogP contribution in [0, 0.1) is 5.82 Å². The second-order valence-corrected chi connectivity index (χ2v) is 4.45. The van der Waals surface area contributed by atoms with Crippen LogP contribution in [0.25, 0.3) is 0 Å². The highest BCUT2D eigenvalue weighted by Crippen LogP contribution is 2.28. The molecule has 0 radical (unpaired) electrons. The van der Waals surface area contributed by atoms with E-state index in [1.807, 2.05) is 6.92 Å². The first-order valence-corrected chi connectivity index (χ1v) is 6.45. The first-order chi connectivity index (χ1) is 9.61. The van der Waals surface area contributed by atoms with Crippen LogP contribution in [0.2, 0.25) is 5.02 Å². The molecule has 20 heavy (non-hydrogen) atoms. The number of nitrogen functional groups attached to an aromatic ring is 1. The molecule has 0 bridgehead atoms. The summed E-state index contributed by atoms with van der Waals surface area (Å²) < 4.78 is 18.8. The summed E-state index contributed by atoms with van der Waals surface area (Å²) in [5, 5.41) is 2.96. The molecule has 0 fully saturated rings. The van der Waals surface area contributed by atoms with Crippen LogP contribution in [0.1, 0.15) is 13.3 Å². The molecule has 7 heteroatoms. The number of nitrogens with zero attached hydrogens (tertiary/aromatic N) is 2. The topological polar surface area (TPSA) is 73.1 Å². The SMILES string of the molecule is CCCOc1ncnc(Nc2ccc(Cl)c(F)c2)c1N. The van der Waals surface area contributed by atoms with Crippen LogP contribution in [-0.4, -0.2) is 16.6 Å². The van der Waals surface area contributed by atoms with Gasteiger partial charge in [0.2, 0.25) is 5.88 Å². The number of halogens is 2. The van der Waals surface area contributed by atoms with Crippen molar-refractivity contribution in [3.8, 4) is 5.88 Å². The minimum absolute atomic E-state index is 0.0539. The van der Waals surface area contributed by atoms with Gasteiger partial charge in [-0.2, -0.15) is 4.98 Å². The van der Waals surface area contributed by atoms with E-state index in [1.54, 1.807) is 6.07 Å². The van der Waals surface area contributed by atoms with Gasteiger partial charge < -0.3 is 15.8 Å². The highest BCUT2D eigenvalue weighted by Gasteiger charge is 2.10. The van der Waals surface area contributed by atoms with E-state index in [2.05, 4.69) is 15.3 Å². The third-order valence-electron chi connectivity index (χ3n) is 2.47. The maximum atomic E-state index is 13.4. The van der Waals surface area contributed by atoms with Gasteiger partial charge in [-0.1, -0.05) is 18.5 Å². The lowest BCUT2D eigenvalue weighted by atomic mass is 10.3. The quantitative estimate of drug-likeness (QED) is 0.885. The Morgan fingerprint density at radius 2 is 2.20 bits per heavy atom. The molecule has 0 atom stereocenters. The molecule has 0 aliphatic rings. The summed E-state index contributed by atoms with van der Waals surface area (Å²) in [5.41, 5.74) is 6.67. The summed E-state index contributed by atoms with van der Waals surface area (Å²) in [5.74, 6) is 0.137. The largest absolute Gasteiger partial charge is 0.476 e. The fraction of sp³-hybridized carbons (Fsp3) is 0.231. The van der Waals surface area contributed by atoms with Crippen LogP contribution in [-0.2, 0) is 0 Å². The molecule has 2 aromatic rings. The lowest BCUT2D eigenvalue weighted by Crippen LogP contribution is -2.06. The van der Waals surface area contributed by atoms with Gasteiger partial charge in [0.15, 0.2) is 5.82 Å². The molecule has 1 aromatic heterocycles. The summed E-state index contributed by atoms with van der Waals surface area (Å²) in [6.45, 7) is 2.49. The highest BCUT2D eigenvalue weighted by molar-refractivity contribution is 6.30. The lowest BCUT2D eigenvalue weighted by molar-refractivity contribution is 0.307. The number of nitrogens with two attached hydrogens (primary N) is 1. The van der Waals surface area contributed by atoms with E-state index >= 15 is 0 Å². The van der Waals surface area contributed by atoms with Crippen LogP contribution >= 0.6 is 11.6 Å². The van der Waals surface area contributed by atoms with Gasteiger partial charge in [0.25, 0.3) is 0 Å². The van der Waals surface area contributed by atoms with Crippen LogP contribution in [0.5, 0.6) is 5.88 Å². The summed E-state index contributed by atoms with van der Waals surface area (Å²) in [7, 11) is 0. The molecule has 0 amide bonds. The smallest absolute Gasteiger partial charge is 0.242 e. The average Bonchev–Trinajstić information content (AvgIpc) is 2.44. The van der Waals surface area contributed by atoms with Gasteiger partial charge in [-0.25, -0.2) is 9.37 Å². The zero-order valence-electron chi connectivity index (χ0n) is 10.9. The first kappa shape index (κ1) is 14.3. The van der Waals surface area contributed by atoms with E-state index in [4.69, 9.17) is 22.1 Å². The summed E-state index contributed by atoms with van der Waals surface area (Å²) in [4.78, 5) is 7.97. The molecule has 1 aromatic carbocycles. The van der Waals surface area contributed by atoms with Gasteiger partial charge in [-0.15, -0.1) is 0 Å². The van der Waals surface area contributed by atoms with Crippen LogP contribution in [0.4, 0.5) is 21.6 Å². The molecule has 0 saturated carbocycles. The van der Waals surface area contributed by atoms with Gasteiger partial charge in [0.1, 0.15) is 17.8 Å². The number of aromatic nitrogens is 2. The van der Waals surface area contributed by atoms with Crippen LogP contribution < -0.4 is 15.8 Å². The maximum absolute atomic E-state index is 13.4. The fourth-order valence-electron chi connectivity index (χ4n) is 1.50. The minimum atomic E-state index is -0.522. The van der Waals surface area contributed by atoms with Crippen molar-refractivity contribution in [2.45, 2.75) is 13.3 Å². The van der Waals surface area contributed by atoms with E-state index in [0.29, 0.717) is 24.0 Å². The zero-order chi connectivity index (χ0) is 14.5. The summed E-state index contributed by atoms with van der Waals surface area (Å²) in [6.07, 6.45) is 2.17. The standard InChI is InChI=1S/C13H14ClFN4O/c1-2-5-20-13-11(16)12(17-7-18-13)19-8-3-4-9(14)10(15)6-8/h3-4,6-7H,2,5,16H2,1H3,(H,17,18,19). The predicted octanol–water partition coefficient (Wildman–Crippen LogP) is 3.38. The highest BCUT2D eigenvalue weighted by atomic mass is 35.5. The predicted molar refractivity (Wildman–Crippen MR) is 76.9 cm³/mol. The van der Waals surface area contributed by atoms with Gasteiger partial charge >= 0.3 is 0 Å². The Hall–Kier alpha value is -2.08. The molecule has 0 saturated heterocycles. The van der Waals surface area contributed by atoms with Crippen molar-refractivity contribution in [3.05, 3.63) is 35.4 Å². The minimum Gasteiger partial charge on any atom is -0.476 e.